The molecule has 0 saturated carbocycles. The number of hydrogen-bond donors (Lipinski definition) is 2. The molecule has 4 aromatic heterocycles. The highest BCUT2D eigenvalue weighted by Gasteiger charge is 2.64. The van der Waals surface area contributed by atoms with E-state index in [2.05, 4.69) is 98.4 Å². The molecule has 2 amide bonds. The highest BCUT2D eigenvalue weighted by molar-refractivity contribution is 7.45. The molecule has 16 rings (SSSR count). The van der Waals surface area contributed by atoms with Gasteiger partial charge in [-0.1, -0.05) is 97.1 Å². The summed E-state index contributed by atoms with van der Waals surface area (Å²) in [5.74, 6) is 0.128. The molecule has 4 bridgehead atoms. The number of imidazole rings is 2. The van der Waals surface area contributed by atoms with Gasteiger partial charge in [0.1, 0.15) is 60.5 Å². The number of benzene rings is 4. The lowest BCUT2D eigenvalue weighted by Gasteiger charge is -2.29. The molecule has 8 aliphatic heterocycles. The van der Waals surface area contributed by atoms with Gasteiger partial charge in [0, 0.05) is 36.3 Å². The van der Waals surface area contributed by atoms with E-state index in [-0.39, 0.29) is 48.4 Å². The van der Waals surface area contributed by atoms with Crippen LogP contribution in [-0.4, -0.2) is 134 Å². The van der Waals surface area contributed by atoms with Crippen LogP contribution >= 0.6 is 17.1 Å². The Bertz CT molecular complexity index is 3420. The van der Waals surface area contributed by atoms with Gasteiger partial charge in [-0.3, -0.25) is 18.7 Å². The fourth-order valence-electron chi connectivity index (χ4n) is 12.7. The quantitative estimate of drug-likeness (QED) is 0.109. The van der Waals surface area contributed by atoms with E-state index in [1.54, 1.807) is 36.9 Å². The number of nitrogens with one attached hydrogen (secondary N) is 2. The van der Waals surface area contributed by atoms with E-state index in [0.29, 0.717) is 70.4 Å². The molecule has 0 spiro atoms. The third-order valence-corrected chi connectivity index (χ3v) is 20.3. The fourth-order valence-corrected chi connectivity index (χ4v) is 16.9. The van der Waals surface area contributed by atoms with Gasteiger partial charge in [-0.2, -0.15) is 0 Å². The number of fused-ring (bicyclic) bond motifs is 8. The van der Waals surface area contributed by atoms with Gasteiger partial charge >= 0.3 is 0 Å². The van der Waals surface area contributed by atoms with Crippen LogP contribution < -0.4 is 10.6 Å². The minimum atomic E-state index is -1.28. The molecule has 4 unspecified atom stereocenters. The smallest absolute Gasteiger partial charge is 0.260 e. The summed E-state index contributed by atoms with van der Waals surface area (Å²) in [4.78, 5) is 52.2. The Morgan fingerprint density at radius 1 is 0.549 bits per heavy atom. The Hall–Kier alpha value is -6.62. The molecule has 12 heterocycles. The Kier molecular flexibility index (Phi) is 13.5. The van der Waals surface area contributed by atoms with Crippen molar-refractivity contribution >= 4 is 62.8 Å². The first kappa shape index (κ1) is 52.2. The lowest BCUT2D eigenvalue weighted by Crippen LogP contribution is -2.38. The van der Waals surface area contributed by atoms with Gasteiger partial charge in [-0.25, -0.2) is 39.2 Å². The predicted octanol–water partition coefficient (Wildman–Crippen LogP) is 9.23. The van der Waals surface area contributed by atoms with E-state index in [0.717, 1.165) is 38.8 Å². The van der Waals surface area contributed by atoms with Gasteiger partial charge in [0.2, 0.25) is 0 Å². The SMILES string of the molecule is C[C@]12CO[C@@H](C1O[P@@]1OC(c3ccccc3)[C@@H]3CCCN31)[C@H](n1cnc3c(NC(=O)c4ccccc4)ncnc31)O2.C[C@]12CO[C@@H](C1O[P@]1OC(c3ccccc3)[C@H]3CCCN31)[C@H](n1cnc3c(NC(=O)c4ccccc4)ncnc31)O2. The van der Waals surface area contributed by atoms with Crippen LogP contribution in [-0.2, 0) is 37.0 Å². The molecule has 8 fully saturated rings. The normalized spacial score (nSPS) is 32.5. The van der Waals surface area contributed by atoms with Crippen molar-refractivity contribution in [2.75, 3.05) is 36.9 Å². The van der Waals surface area contributed by atoms with E-state index in [1.165, 1.54) is 23.8 Å². The van der Waals surface area contributed by atoms with Crippen LogP contribution in [0.4, 0.5) is 11.6 Å². The third-order valence-electron chi connectivity index (χ3n) is 16.8. The molecule has 22 nitrogen and oxygen atoms in total. The minimum absolute atomic E-state index is 0.00637. The van der Waals surface area contributed by atoms with Gasteiger partial charge in [-0.05, 0) is 74.9 Å². The molecule has 0 aliphatic carbocycles. The summed E-state index contributed by atoms with van der Waals surface area (Å²) in [7, 11) is -2.56. The number of carbonyl (C=O) groups is 2. The summed E-state index contributed by atoms with van der Waals surface area (Å²) in [6.07, 6.45) is 8.15. The van der Waals surface area contributed by atoms with Gasteiger partial charge in [0.05, 0.1) is 25.9 Å². The van der Waals surface area contributed by atoms with Crippen molar-refractivity contribution < 1.29 is 46.6 Å². The van der Waals surface area contributed by atoms with Crippen molar-refractivity contribution in [2.24, 2.45) is 0 Å². The van der Waals surface area contributed by atoms with Crippen molar-refractivity contribution in [3.05, 3.63) is 169 Å². The lowest BCUT2D eigenvalue weighted by molar-refractivity contribution is -0.164. The topological polar surface area (TPSA) is 226 Å². The van der Waals surface area contributed by atoms with Crippen LogP contribution in [0.15, 0.2) is 147 Å². The maximum atomic E-state index is 12.8. The van der Waals surface area contributed by atoms with Crippen molar-refractivity contribution in [2.45, 2.75) is 112 Å². The average Bonchev–Trinajstić information content (AvgIpc) is 4.50. The number of aromatic nitrogens is 8. The third kappa shape index (κ3) is 9.11. The van der Waals surface area contributed by atoms with Crippen LogP contribution in [0.25, 0.3) is 22.3 Å². The highest BCUT2D eigenvalue weighted by atomic mass is 31.2. The molecule has 8 saturated heterocycles. The highest BCUT2D eigenvalue weighted by Crippen LogP contribution is 2.65. The first-order valence-electron chi connectivity index (χ1n) is 27.8. The monoisotopic (exact) mass is 1140 g/mol. The first-order chi connectivity index (χ1) is 40.2. The van der Waals surface area contributed by atoms with E-state index < -0.39 is 40.7 Å². The van der Waals surface area contributed by atoms with Crippen molar-refractivity contribution in [3.8, 4) is 0 Å². The zero-order valence-electron chi connectivity index (χ0n) is 44.7. The molecule has 82 heavy (non-hydrogen) atoms. The molecule has 8 aromatic rings. The molecule has 8 aliphatic rings. The van der Waals surface area contributed by atoms with Gasteiger partial charge in [-0.15, -0.1) is 0 Å². The zero-order chi connectivity index (χ0) is 55.1. The van der Waals surface area contributed by atoms with Crippen LogP contribution in [0.3, 0.4) is 0 Å². The van der Waals surface area contributed by atoms with E-state index in [4.69, 9.17) is 37.0 Å². The first-order valence-corrected chi connectivity index (χ1v) is 30.0. The molecule has 4 aromatic carbocycles. The molecule has 420 valence electrons. The second-order valence-electron chi connectivity index (χ2n) is 22.1. The summed E-state index contributed by atoms with van der Waals surface area (Å²) >= 11 is 0. The number of amides is 2. The second-order valence-corrected chi connectivity index (χ2v) is 24.9. The number of anilines is 2. The maximum Gasteiger partial charge on any atom is 0.260 e. The molecule has 24 heteroatoms. The van der Waals surface area contributed by atoms with E-state index in [9.17, 15) is 9.59 Å². The predicted molar refractivity (Wildman–Crippen MR) is 300 cm³/mol. The molecular formula is C58H58N12O10P2. The summed E-state index contributed by atoms with van der Waals surface area (Å²) in [6, 6.07) is 39.4. The van der Waals surface area contributed by atoms with Gasteiger partial charge in [0.15, 0.2) is 46.4 Å². The standard InChI is InChI=1S/2C29H29N6O5P/c2*1-29-15-37-23(24(29)40-41-35-14-8-13-20(35)22(39-41)18-9-4-2-5-10-18)28(38-29)34-17-32-21-25(30-16-31-26(21)34)33-27(36)19-11-6-3-7-12-19/h2*2-7,9-12,16-17,20,22-24,28H,8,13-15H2,1H3,(H,30,31,33,36)/t20-,22?,23+,24?,28-,29+,41+;20-,22?,23-,24?,28+,29-,41+/m10/s1. The largest absolute Gasteiger partial charge is 0.368 e. The number of carbonyl (C=O) groups excluding carboxylic acids is 2. The molecular weight excluding hydrogens is 1090 g/mol. The zero-order valence-corrected chi connectivity index (χ0v) is 46.5. The van der Waals surface area contributed by atoms with Crippen LogP contribution in [0, 0.1) is 0 Å². The Morgan fingerprint density at radius 3 is 1.37 bits per heavy atom. The summed E-state index contributed by atoms with van der Waals surface area (Å²) in [5.41, 5.74) is 4.14. The Balaban J connectivity index is 0.000000140. The van der Waals surface area contributed by atoms with Crippen molar-refractivity contribution in [1.29, 1.82) is 0 Å². The Labute approximate surface area is 473 Å². The van der Waals surface area contributed by atoms with Crippen LogP contribution in [0.1, 0.15) is 96.0 Å². The van der Waals surface area contributed by atoms with Crippen LogP contribution in [0.5, 0.6) is 0 Å². The molecule has 14 atom stereocenters. The average molecular weight is 1150 g/mol. The van der Waals surface area contributed by atoms with Crippen molar-refractivity contribution in [1.82, 2.24) is 48.4 Å². The molecule has 0 radical (unpaired) electrons. The minimum Gasteiger partial charge on any atom is -0.368 e. The number of hydrogen-bond acceptors (Lipinski definition) is 18. The maximum absolute atomic E-state index is 12.8. The second kappa shape index (κ2) is 21.2. The number of nitrogens with zero attached hydrogens (tertiary/aromatic N) is 10. The molecule has 2 N–H and O–H groups in total. The Morgan fingerprint density at radius 2 is 0.951 bits per heavy atom. The number of rotatable bonds is 12. The number of ether oxygens (including phenoxy) is 4. The van der Waals surface area contributed by atoms with Crippen LogP contribution in [0.2, 0.25) is 0 Å². The van der Waals surface area contributed by atoms with E-state index in [1.807, 2.05) is 71.5 Å². The van der Waals surface area contributed by atoms with Crippen molar-refractivity contribution in [3.63, 3.8) is 0 Å². The van der Waals surface area contributed by atoms with Gasteiger partial charge < -0.3 is 47.7 Å². The van der Waals surface area contributed by atoms with E-state index >= 15 is 0 Å². The summed E-state index contributed by atoms with van der Waals surface area (Å²) in [6.45, 7) is 6.82. The summed E-state index contributed by atoms with van der Waals surface area (Å²) < 4.78 is 61.0. The summed E-state index contributed by atoms with van der Waals surface area (Å²) in [5, 5.41) is 5.72. The van der Waals surface area contributed by atoms with Gasteiger partial charge in [0.25, 0.3) is 28.9 Å². The fraction of sp³-hybridized carbons (Fsp3) is 0.379. The lowest BCUT2D eigenvalue weighted by atomic mass is 10.0.